The summed E-state index contributed by atoms with van der Waals surface area (Å²) in [6.45, 7) is 7.13. The van der Waals surface area contributed by atoms with Crippen LogP contribution in [-0.4, -0.2) is 0 Å². The van der Waals surface area contributed by atoms with Gasteiger partial charge >= 0.3 is 125 Å². The number of hydrogen-bond donors (Lipinski definition) is 0. The summed E-state index contributed by atoms with van der Waals surface area (Å²) in [5.74, 6) is 0. The molecule has 0 radical (unpaired) electrons. The molecule has 0 N–H and O–H groups in total. The maximum Gasteiger partial charge on any atom is -1.00 e. The Morgan fingerprint density at radius 1 is 1.14 bits per heavy atom. The first-order valence-electron chi connectivity index (χ1n) is 7.18. The van der Waals surface area contributed by atoms with Crippen molar-refractivity contribution in [2.75, 3.05) is 0 Å². The molecule has 0 aromatic heterocycles. The summed E-state index contributed by atoms with van der Waals surface area (Å²) in [7, 11) is 0. The van der Waals surface area contributed by atoms with Gasteiger partial charge in [0.25, 0.3) is 0 Å². The third-order valence-corrected chi connectivity index (χ3v) is 12.8. The minimum atomic E-state index is -1.63. The minimum Gasteiger partial charge on any atom is -1.00 e. The van der Waals surface area contributed by atoms with Crippen LogP contribution in [0.15, 0.2) is 51.3 Å². The number of hydrogen-bond acceptors (Lipinski definition) is 0. The fourth-order valence-electron chi connectivity index (χ4n) is 3.32. The van der Waals surface area contributed by atoms with Crippen LogP contribution in [0, 0.1) is 0 Å². The summed E-state index contributed by atoms with van der Waals surface area (Å²) in [6, 6.07) is 8.97. The maximum absolute atomic E-state index is 2.49. The van der Waals surface area contributed by atoms with Crippen molar-refractivity contribution in [2.45, 2.75) is 34.4 Å². The largest absolute Gasteiger partial charge is 1.00 e. The first-order chi connectivity index (χ1) is 9.16. The summed E-state index contributed by atoms with van der Waals surface area (Å²) < 4.78 is 3.43. The van der Waals surface area contributed by atoms with E-state index in [9.17, 15) is 0 Å². The van der Waals surface area contributed by atoms with Gasteiger partial charge in [-0.25, -0.2) is 0 Å². The Balaban J connectivity index is 0.00000110. The predicted octanol–water partition coefficient (Wildman–Crippen LogP) is -0.557. The average Bonchev–Trinajstić information content (AvgIpc) is 2.98. The van der Waals surface area contributed by atoms with E-state index in [-0.39, 0.29) is 24.8 Å². The third-order valence-electron chi connectivity index (χ3n) is 4.17. The molecule has 0 amide bonds. The van der Waals surface area contributed by atoms with Crippen molar-refractivity contribution in [1.82, 2.24) is 0 Å². The van der Waals surface area contributed by atoms with Crippen LogP contribution in [0.2, 0.25) is 3.63 Å². The molecule has 0 fully saturated rings. The topological polar surface area (TPSA) is 0 Å². The van der Waals surface area contributed by atoms with Crippen LogP contribution in [0.25, 0.3) is 6.08 Å². The van der Waals surface area contributed by atoms with Gasteiger partial charge in [-0.05, 0) is 0 Å². The van der Waals surface area contributed by atoms with Crippen molar-refractivity contribution in [1.29, 1.82) is 0 Å². The van der Waals surface area contributed by atoms with Crippen molar-refractivity contribution < 1.29 is 46.6 Å². The molecule has 0 spiro atoms. The van der Waals surface area contributed by atoms with Gasteiger partial charge in [0.15, 0.2) is 0 Å². The molecular weight excluding hydrogens is 378 g/mol. The van der Waals surface area contributed by atoms with Crippen LogP contribution in [0.1, 0.15) is 41.9 Å². The number of fused-ring (bicyclic) bond motifs is 1. The summed E-state index contributed by atoms with van der Waals surface area (Å²) in [4.78, 5) is 0. The molecule has 1 unspecified atom stereocenters. The van der Waals surface area contributed by atoms with Gasteiger partial charge in [0.05, 0.1) is 0 Å². The molecule has 0 bridgehead atoms. The van der Waals surface area contributed by atoms with E-state index in [2.05, 4.69) is 69.3 Å². The smallest absolute Gasteiger partial charge is 1.00 e. The van der Waals surface area contributed by atoms with E-state index in [1.807, 2.05) is 0 Å². The van der Waals surface area contributed by atoms with Gasteiger partial charge in [0.2, 0.25) is 0 Å². The standard InChI is InChI=1S/C9H7.C6H7.C3H7.2ClH.Zr/c1-2-5-9-7-3-6-8(9)4-1;1-6-4-2-3-5-6;1-3-2;;;/h1-7H;4-5H,2H2,1H3;3H,1-2H3;2*1H;/q;;;;;+2/p-2. The summed E-state index contributed by atoms with van der Waals surface area (Å²) in [5, 5.41) is 0. The van der Waals surface area contributed by atoms with Gasteiger partial charge in [0.1, 0.15) is 0 Å². The molecule has 3 heteroatoms. The maximum atomic E-state index is 2.49. The number of allylic oxidation sites excluding steroid dienone is 5. The average molecular weight is 399 g/mol. The third kappa shape index (κ3) is 3.81. The van der Waals surface area contributed by atoms with Gasteiger partial charge in [-0.2, -0.15) is 0 Å². The molecule has 0 aliphatic heterocycles. The first-order valence-corrected chi connectivity index (χ1v) is 11.2. The number of halogens is 2. The normalized spacial score (nSPS) is 18.6. The SMILES string of the molecule is CC1=CC[C]([Zr+2]([CH](C)C)[CH]2C=Cc3ccccc32)=C1.[Cl-].[Cl-]. The predicted molar refractivity (Wildman–Crippen MR) is 79.8 cm³/mol. The van der Waals surface area contributed by atoms with Crippen LogP contribution < -0.4 is 24.8 Å². The Bertz CT molecular complexity index is 585. The summed E-state index contributed by atoms with van der Waals surface area (Å²) in [5.41, 5.74) is 4.52. The van der Waals surface area contributed by atoms with Crippen molar-refractivity contribution >= 4 is 6.08 Å². The van der Waals surface area contributed by atoms with Crippen LogP contribution in [0.4, 0.5) is 0 Å². The Hall–Kier alpha value is -0.0969. The van der Waals surface area contributed by atoms with Gasteiger partial charge in [-0.3, -0.25) is 0 Å². The van der Waals surface area contributed by atoms with Crippen molar-refractivity contribution in [2.24, 2.45) is 0 Å². The summed E-state index contributed by atoms with van der Waals surface area (Å²) >= 11 is -1.63. The van der Waals surface area contributed by atoms with Crippen LogP contribution in [0.5, 0.6) is 0 Å². The first kappa shape index (κ1) is 19.0. The van der Waals surface area contributed by atoms with E-state index in [1.54, 1.807) is 8.84 Å². The number of benzene rings is 1. The number of rotatable bonds is 3. The van der Waals surface area contributed by atoms with E-state index in [0.717, 1.165) is 7.25 Å². The minimum absolute atomic E-state index is 0. The molecule has 3 rings (SSSR count). The van der Waals surface area contributed by atoms with Crippen molar-refractivity contribution in [3.8, 4) is 0 Å². The second-order valence-electron chi connectivity index (χ2n) is 5.90. The molecule has 1 atom stereocenters. The molecule has 2 aliphatic rings. The van der Waals surface area contributed by atoms with E-state index in [1.165, 1.54) is 17.6 Å². The zero-order valence-corrected chi connectivity index (χ0v) is 16.7. The van der Waals surface area contributed by atoms with Crippen molar-refractivity contribution in [3.63, 3.8) is 0 Å². The van der Waals surface area contributed by atoms with Crippen LogP contribution >= 0.6 is 0 Å². The Labute approximate surface area is 148 Å². The quantitative estimate of drug-likeness (QED) is 0.640. The van der Waals surface area contributed by atoms with Gasteiger partial charge in [-0.15, -0.1) is 0 Å². The Kier molecular flexibility index (Phi) is 7.18. The van der Waals surface area contributed by atoms with E-state index >= 15 is 0 Å². The molecule has 2 aliphatic carbocycles. The van der Waals surface area contributed by atoms with Crippen LogP contribution in [0.3, 0.4) is 0 Å². The molecule has 1 aromatic carbocycles. The Morgan fingerprint density at radius 3 is 2.48 bits per heavy atom. The van der Waals surface area contributed by atoms with Gasteiger partial charge < -0.3 is 24.8 Å². The monoisotopic (exact) mass is 397 g/mol. The second-order valence-corrected chi connectivity index (χ2v) is 14.1. The van der Waals surface area contributed by atoms with E-state index in [4.69, 9.17) is 0 Å². The molecule has 21 heavy (non-hydrogen) atoms. The summed E-state index contributed by atoms with van der Waals surface area (Å²) in [6.07, 6.45) is 11.0. The fourth-order valence-corrected chi connectivity index (χ4v) is 11.9. The van der Waals surface area contributed by atoms with Gasteiger partial charge in [0, 0.05) is 0 Å². The zero-order valence-electron chi connectivity index (χ0n) is 12.7. The van der Waals surface area contributed by atoms with Crippen LogP contribution in [-0.2, 0) is 21.8 Å². The zero-order chi connectivity index (χ0) is 13.4. The molecule has 0 saturated carbocycles. The second kappa shape index (κ2) is 7.95. The van der Waals surface area contributed by atoms with E-state index < -0.39 is 21.8 Å². The fraction of sp³-hybridized carbons (Fsp3) is 0.333. The Morgan fingerprint density at radius 2 is 1.86 bits per heavy atom. The molecular formula is C18H21Cl2Zr. The van der Waals surface area contributed by atoms with E-state index in [0.29, 0.717) is 0 Å². The molecule has 111 valence electrons. The molecule has 0 saturated heterocycles. The van der Waals surface area contributed by atoms with Crippen molar-refractivity contribution in [3.05, 3.63) is 62.5 Å². The molecule has 0 heterocycles. The molecule has 1 aromatic rings. The molecule has 0 nitrogen and oxygen atoms in total. The van der Waals surface area contributed by atoms with Gasteiger partial charge in [-0.1, -0.05) is 0 Å².